The van der Waals surface area contributed by atoms with Crippen molar-refractivity contribution in [1.29, 1.82) is 0 Å². The lowest BCUT2D eigenvalue weighted by Crippen LogP contribution is -2.30. The Hall–Kier alpha value is -3.46. The first-order valence-electron chi connectivity index (χ1n) is 11.1. The number of benzene rings is 3. The predicted octanol–water partition coefficient (Wildman–Crippen LogP) is 5.11. The van der Waals surface area contributed by atoms with Crippen LogP contribution in [0.1, 0.15) is 15.9 Å². The van der Waals surface area contributed by atoms with Crippen LogP contribution in [0, 0.1) is 6.92 Å². The number of carbonyl (C=O) groups excluding carboxylic acids is 1. The molecule has 0 unspecified atom stereocenters. The second-order valence-electron chi connectivity index (χ2n) is 8.43. The molecule has 4 aromatic rings. The van der Waals surface area contributed by atoms with Gasteiger partial charge in [0.15, 0.2) is 0 Å². The molecule has 178 valence electrons. The fraction of sp³-hybridized carbons (Fsp3) is 0.154. The number of hydrogen-bond donors (Lipinski definition) is 1. The van der Waals surface area contributed by atoms with Gasteiger partial charge in [0, 0.05) is 48.5 Å². The molecule has 1 aliphatic heterocycles. The number of nitrogens with one attached hydrogen (secondary N) is 1. The summed E-state index contributed by atoms with van der Waals surface area (Å²) >= 11 is 6.51. The number of carbonyl (C=O) groups is 1. The van der Waals surface area contributed by atoms with Crippen molar-refractivity contribution in [1.82, 2.24) is 9.29 Å². The zero-order chi connectivity index (χ0) is 24.7. The summed E-state index contributed by atoms with van der Waals surface area (Å²) in [7, 11) is -1.97. The van der Waals surface area contributed by atoms with Gasteiger partial charge in [-0.2, -0.15) is 12.7 Å². The van der Waals surface area contributed by atoms with Gasteiger partial charge in [-0.1, -0.05) is 35.9 Å². The maximum Gasteiger partial charge on any atom is 0.303 e. The summed E-state index contributed by atoms with van der Waals surface area (Å²) in [5.74, 6) is -0.297. The molecular weight excluding hydrogens is 484 g/mol. The zero-order valence-electron chi connectivity index (χ0n) is 19.2. The van der Waals surface area contributed by atoms with E-state index in [2.05, 4.69) is 10.3 Å². The average molecular weight is 507 g/mol. The van der Waals surface area contributed by atoms with Crippen LogP contribution < -0.4 is 9.62 Å². The molecule has 2 heterocycles. The van der Waals surface area contributed by atoms with Crippen LogP contribution in [0.15, 0.2) is 72.9 Å². The van der Waals surface area contributed by atoms with E-state index in [-0.39, 0.29) is 5.91 Å². The first kappa shape index (κ1) is 23.3. The smallest absolute Gasteiger partial charge is 0.303 e. The molecule has 0 saturated carbocycles. The van der Waals surface area contributed by atoms with E-state index in [1.54, 1.807) is 50.5 Å². The number of amides is 1. The molecule has 1 aliphatic rings. The van der Waals surface area contributed by atoms with Crippen LogP contribution in [0.3, 0.4) is 0 Å². The summed E-state index contributed by atoms with van der Waals surface area (Å²) in [4.78, 5) is 17.6. The van der Waals surface area contributed by atoms with Crippen LogP contribution in [0.25, 0.3) is 22.0 Å². The number of pyridine rings is 1. The number of likely N-dealkylation sites (N-methyl/N-ethyl adjacent to an activating group) is 1. The van der Waals surface area contributed by atoms with Gasteiger partial charge in [-0.15, -0.1) is 0 Å². The van der Waals surface area contributed by atoms with Crippen molar-refractivity contribution in [2.75, 3.05) is 29.8 Å². The van der Waals surface area contributed by atoms with Gasteiger partial charge < -0.3 is 5.32 Å². The van der Waals surface area contributed by atoms with Gasteiger partial charge >= 0.3 is 10.2 Å². The van der Waals surface area contributed by atoms with Crippen molar-refractivity contribution < 1.29 is 13.2 Å². The van der Waals surface area contributed by atoms with Crippen LogP contribution in [0.2, 0.25) is 5.02 Å². The number of aromatic nitrogens is 1. The van der Waals surface area contributed by atoms with Crippen LogP contribution in [0.5, 0.6) is 0 Å². The number of fused-ring (bicyclic) bond motifs is 1. The highest BCUT2D eigenvalue weighted by Crippen LogP contribution is 2.34. The maximum absolute atomic E-state index is 13.1. The van der Waals surface area contributed by atoms with Crippen LogP contribution in [-0.4, -0.2) is 43.8 Å². The third-order valence-corrected chi connectivity index (χ3v) is 8.44. The molecule has 5 rings (SSSR count). The Labute approximate surface area is 209 Å². The highest BCUT2D eigenvalue weighted by atomic mass is 35.5. The van der Waals surface area contributed by atoms with Crippen molar-refractivity contribution in [3.8, 4) is 11.3 Å². The molecule has 1 amide bonds. The summed E-state index contributed by atoms with van der Waals surface area (Å²) in [6.07, 6.45) is 1.74. The third-order valence-electron chi connectivity index (χ3n) is 6.19. The van der Waals surface area contributed by atoms with Crippen molar-refractivity contribution in [3.05, 3.63) is 89.1 Å². The molecule has 0 spiro atoms. The SMILES string of the molecule is Cc1cc(N2CCN(C)S2(=O)=O)ccc1C(=O)Nc1ccc(Cl)c(-c2nccc3ccccc23)c1. The summed E-state index contributed by atoms with van der Waals surface area (Å²) in [5.41, 5.74) is 3.71. The highest BCUT2D eigenvalue weighted by molar-refractivity contribution is 7.90. The van der Waals surface area contributed by atoms with E-state index in [4.69, 9.17) is 11.6 Å². The summed E-state index contributed by atoms with van der Waals surface area (Å²) in [5, 5.41) is 5.48. The van der Waals surface area contributed by atoms with Gasteiger partial charge in [0.25, 0.3) is 5.91 Å². The van der Waals surface area contributed by atoms with Crippen molar-refractivity contribution >= 4 is 49.9 Å². The molecule has 9 heteroatoms. The normalized spacial score (nSPS) is 15.5. The third kappa shape index (κ3) is 4.25. The highest BCUT2D eigenvalue weighted by Gasteiger charge is 2.34. The minimum atomic E-state index is -3.52. The van der Waals surface area contributed by atoms with E-state index < -0.39 is 10.2 Å². The van der Waals surface area contributed by atoms with E-state index in [1.165, 1.54) is 8.61 Å². The van der Waals surface area contributed by atoms with E-state index in [0.717, 1.165) is 22.0 Å². The van der Waals surface area contributed by atoms with E-state index in [9.17, 15) is 13.2 Å². The van der Waals surface area contributed by atoms with Crippen molar-refractivity contribution in [2.45, 2.75) is 6.92 Å². The lowest BCUT2D eigenvalue weighted by molar-refractivity contribution is 0.102. The minimum absolute atomic E-state index is 0.297. The summed E-state index contributed by atoms with van der Waals surface area (Å²) in [6.45, 7) is 2.59. The summed E-state index contributed by atoms with van der Waals surface area (Å²) < 4.78 is 27.6. The fourth-order valence-corrected chi connectivity index (χ4v) is 5.82. The first-order chi connectivity index (χ1) is 16.8. The molecule has 3 aromatic carbocycles. The Morgan fingerprint density at radius 2 is 1.83 bits per heavy atom. The molecule has 1 N–H and O–H groups in total. The maximum atomic E-state index is 13.1. The van der Waals surface area contributed by atoms with E-state index in [0.29, 0.717) is 40.6 Å². The van der Waals surface area contributed by atoms with Gasteiger partial charge in [-0.3, -0.25) is 14.1 Å². The fourth-order valence-electron chi connectivity index (χ4n) is 4.27. The van der Waals surface area contributed by atoms with Gasteiger partial charge in [0.05, 0.1) is 16.4 Å². The van der Waals surface area contributed by atoms with Crippen molar-refractivity contribution in [3.63, 3.8) is 0 Å². The molecule has 7 nitrogen and oxygen atoms in total. The topological polar surface area (TPSA) is 82.6 Å². The Morgan fingerprint density at radius 3 is 2.57 bits per heavy atom. The Morgan fingerprint density at radius 1 is 1.03 bits per heavy atom. The lowest BCUT2D eigenvalue weighted by Gasteiger charge is -2.19. The second-order valence-corrected chi connectivity index (χ2v) is 10.8. The van der Waals surface area contributed by atoms with Gasteiger partial charge in [0.1, 0.15) is 0 Å². The number of aryl methyl sites for hydroxylation is 1. The van der Waals surface area contributed by atoms with Crippen LogP contribution >= 0.6 is 11.6 Å². The molecule has 0 aliphatic carbocycles. The lowest BCUT2D eigenvalue weighted by atomic mass is 10.0. The molecule has 1 aromatic heterocycles. The Balaban J connectivity index is 1.43. The molecule has 1 fully saturated rings. The molecule has 35 heavy (non-hydrogen) atoms. The van der Waals surface area contributed by atoms with E-state index in [1.807, 2.05) is 36.4 Å². The van der Waals surface area contributed by atoms with Crippen molar-refractivity contribution in [2.24, 2.45) is 0 Å². The number of halogens is 1. The van der Waals surface area contributed by atoms with E-state index >= 15 is 0 Å². The molecule has 0 bridgehead atoms. The van der Waals surface area contributed by atoms with Crippen LogP contribution in [0.4, 0.5) is 11.4 Å². The molecular formula is C26H23ClN4O3S. The number of rotatable bonds is 4. The Kier molecular flexibility index (Phi) is 5.96. The largest absolute Gasteiger partial charge is 0.322 e. The Bertz CT molecular complexity index is 1570. The standard InChI is InChI=1S/C26H23ClN4O3S/c1-17-15-20(31-14-13-30(2)35(31,33)34)8-9-21(17)26(32)29-19-7-10-24(27)23(16-19)25-22-6-4-3-5-18(22)11-12-28-25/h3-12,15-16H,13-14H2,1-2H3,(H,29,32). The number of anilines is 2. The quantitative estimate of drug-likeness (QED) is 0.417. The minimum Gasteiger partial charge on any atom is -0.322 e. The number of hydrogen-bond acceptors (Lipinski definition) is 4. The van der Waals surface area contributed by atoms with Gasteiger partial charge in [-0.25, -0.2) is 0 Å². The molecule has 1 saturated heterocycles. The van der Waals surface area contributed by atoms with Gasteiger partial charge in [0.2, 0.25) is 0 Å². The molecule has 0 radical (unpaired) electrons. The monoisotopic (exact) mass is 506 g/mol. The van der Waals surface area contributed by atoms with Gasteiger partial charge in [-0.05, 0) is 60.3 Å². The second kappa shape index (κ2) is 8.96. The zero-order valence-corrected chi connectivity index (χ0v) is 20.8. The molecule has 0 atom stereocenters. The van der Waals surface area contributed by atoms with Crippen LogP contribution in [-0.2, 0) is 10.2 Å². The predicted molar refractivity (Wildman–Crippen MR) is 140 cm³/mol. The first-order valence-corrected chi connectivity index (χ1v) is 12.8. The number of nitrogens with zero attached hydrogens (tertiary/aromatic N) is 3. The summed E-state index contributed by atoms with van der Waals surface area (Å²) in [6, 6.07) is 20.2. The average Bonchev–Trinajstić information content (AvgIpc) is 3.11.